The molecule has 0 aromatic heterocycles. The Morgan fingerprint density at radius 3 is 2.19 bits per heavy atom. The summed E-state index contributed by atoms with van der Waals surface area (Å²) in [7, 11) is 2.12. The van der Waals surface area contributed by atoms with Gasteiger partial charge in [-0.2, -0.15) is 0 Å². The zero-order valence-corrected chi connectivity index (χ0v) is 11.6. The van der Waals surface area contributed by atoms with Crippen LogP contribution < -0.4 is 5.32 Å². The molecule has 16 heavy (non-hydrogen) atoms. The van der Waals surface area contributed by atoms with Gasteiger partial charge in [0.1, 0.15) is 0 Å². The summed E-state index contributed by atoms with van der Waals surface area (Å²) in [6.45, 7) is 6.97. The van der Waals surface area contributed by atoms with Crippen LogP contribution in [0.25, 0.3) is 0 Å². The number of rotatable bonds is 3. The van der Waals surface area contributed by atoms with Gasteiger partial charge in [-0.3, -0.25) is 0 Å². The predicted octanol–water partition coefficient (Wildman–Crippen LogP) is 3.20. The maximum atomic E-state index is 7.88. The van der Waals surface area contributed by atoms with Crippen molar-refractivity contribution in [2.75, 3.05) is 13.7 Å². The number of aliphatic hydroxyl groups is 1. The summed E-state index contributed by atoms with van der Waals surface area (Å²) in [5, 5.41) is 11.4. The molecule has 0 saturated heterocycles. The molecule has 2 unspecified atom stereocenters. The Morgan fingerprint density at radius 2 is 1.75 bits per heavy atom. The van der Waals surface area contributed by atoms with Crippen molar-refractivity contribution in [1.82, 2.24) is 5.32 Å². The molecule has 1 saturated carbocycles. The van der Waals surface area contributed by atoms with Crippen molar-refractivity contribution in [2.24, 2.45) is 11.8 Å². The van der Waals surface area contributed by atoms with Crippen LogP contribution in [0.5, 0.6) is 0 Å². The maximum Gasteiger partial charge on any atom is 0.0428 e. The van der Waals surface area contributed by atoms with Crippen LogP contribution in [0.4, 0.5) is 0 Å². The van der Waals surface area contributed by atoms with Crippen LogP contribution in [0.3, 0.4) is 0 Å². The first-order valence-electron chi connectivity index (χ1n) is 6.95. The van der Waals surface area contributed by atoms with Gasteiger partial charge in [0, 0.05) is 12.6 Å². The largest absolute Gasteiger partial charge is 0.396 e. The smallest absolute Gasteiger partial charge is 0.0428 e. The van der Waals surface area contributed by atoms with Crippen molar-refractivity contribution in [3.8, 4) is 0 Å². The summed E-state index contributed by atoms with van der Waals surface area (Å²) >= 11 is 0. The third-order valence-corrected chi connectivity index (χ3v) is 3.52. The van der Waals surface area contributed by atoms with Gasteiger partial charge in [-0.1, -0.05) is 40.0 Å². The molecular weight excluding hydrogens is 198 g/mol. The lowest BCUT2D eigenvalue weighted by Crippen LogP contribution is -2.35. The number of hydrogen-bond acceptors (Lipinski definition) is 2. The summed E-state index contributed by atoms with van der Waals surface area (Å²) in [4.78, 5) is 0. The third kappa shape index (κ3) is 6.49. The Labute approximate surface area is 102 Å². The quantitative estimate of drug-likeness (QED) is 0.728. The van der Waals surface area contributed by atoms with Crippen molar-refractivity contribution in [2.45, 2.75) is 65.3 Å². The summed E-state index contributed by atoms with van der Waals surface area (Å²) in [6.07, 6.45) is 8.01. The highest BCUT2D eigenvalue weighted by molar-refractivity contribution is 4.80. The minimum Gasteiger partial charge on any atom is -0.396 e. The SMILES string of the molecule is CCCO.CNC1CCCCCC1C(C)C. The molecule has 2 heteroatoms. The molecule has 0 aromatic rings. The van der Waals surface area contributed by atoms with Crippen LogP contribution >= 0.6 is 0 Å². The second kappa shape index (κ2) is 10.1. The molecule has 1 aliphatic carbocycles. The van der Waals surface area contributed by atoms with E-state index in [0.717, 1.165) is 24.3 Å². The highest BCUT2D eigenvalue weighted by Gasteiger charge is 2.24. The predicted molar refractivity (Wildman–Crippen MR) is 71.6 cm³/mol. The first-order valence-corrected chi connectivity index (χ1v) is 6.95. The van der Waals surface area contributed by atoms with Gasteiger partial charge < -0.3 is 10.4 Å². The average molecular weight is 229 g/mol. The maximum absolute atomic E-state index is 7.88. The van der Waals surface area contributed by atoms with E-state index in [-0.39, 0.29) is 0 Å². The molecule has 2 nitrogen and oxygen atoms in total. The molecule has 0 heterocycles. The van der Waals surface area contributed by atoms with Gasteiger partial charge in [0.05, 0.1) is 0 Å². The van der Waals surface area contributed by atoms with Crippen molar-refractivity contribution in [3.63, 3.8) is 0 Å². The zero-order valence-electron chi connectivity index (χ0n) is 11.6. The molecule has 0 radical (unpaired) electrons. The van der Waals surface area contributed by atoms with Crippen molar-refractivity contribution in [3.05, 3.63) is 0 Å². The molecule has 0 aliphatic heterocycles. The second-order valence-corrected chi connectivity index (χ2v) is 5.16. The van der Waals surface area contributed by atoms with Crippen molar-refractivity contribution < 1.29 is 5.11 Å². The van der Waals surface area contributed by atoms with Gasteiger partial charge >= 0.3 is 0 Å². The number of hydrogen-bond donors (Lipinski definition) is 2. The fourth-order valence-electron chi connectivity index (χ4n) is 2.49. The van der Waals surface area contributed by atoms with Gasteiger partial charge in [0.15, 0.2) is 0 Å². The molecule has 2 atom stereocenters. The molecular formula is C14H31NO. The molecule has 1 fully saturated rings. The van der Waals surface area contributed by atoms with Crippen LogP contribution in [0.15, 0.2) is 0 Å². The van der Waals surface area contributed by atoms with Crippen LogP contribution in [0.2, 0.25) is 0 Å². The second-order valence-electron chi connectivity index (χ2n) is 5.16. The molecule has 0 spiro atoms. The minimum atomic E-state index is 0.319. The van der Waals surface area contributed by atoms with E-state index in [2.05, 4.69) is 26.2 Å². The Bertz CT molecular complexity index is 146. The Morgan fingerprint density at radius 1 is 1.19 bits per heavy atom. The normalized spacial score (nSPS) is 25.9. The van der Waals surface area contributed by atoms with E-state index in [1.54, 1.807) is 0 Å². The van der Waals surface area contributed by atoms with Gasteiger partial charge in [0.25, 0.3) is 0 Å². The average Bonchev–Trinajstić information content (AvgIpc) is 2.54. The van der Waals surface area contributed by atoms with E-state index in [0.29, 0.717) is 6.61 Å². The monoisotopic (exact) mass is 229 g/mol. The molecule has 0 bridgehead atoms. The van der Waals surface area contributed by atoms with E-state index in [1.165, 1.54) is 32.1 Å². The summed E-state index contributed by atoms with van der Waals surface area (Å²) in [5.41, 5.74) is 0. The summed E-state index contributed by atoms with van der Waals surface area (Å²) < 4.78 is 0. The molecule has 2 N–H and O–H groups in total. The Kier molecular flexibility index (Phi) is 10.0. The molecule has 98 valence electrons. The molecule has 1 aliphatic rings. The first-order chi connectivity index (χ1) is 7.67. The topological polar surface area (TPSA) is 32.3 Å². The van der Waals surface area contributed by atoms with Gasteiger partial charge in [-0.15, -0.1) is 0 Å². The van der Waals surface area contributed by atoms with Crippen LogP contribution in [0, 0.1) is 11.8 Å². The van der Waals surface area contributed by atoms with E-state index in [9.17, 15) is 0 Å². The lowest BCUT2D eigenvalue weighted by molar-refractivity contribution is 0.272. The summed E-state index contributed by atoms with van der Waals surface area (Å²) in [5.74, 6) is 1.76. The standard InChI is InChI=1S/C11H23N.C3H8O/c1-9(2)10-7-5-4-6-8-11(10)12-3;1-2-3-4/h9-12H,4-8H2,1-3H3;4H,2-3H2,1H3. The molecule has 1 rings (SSSR count). The van der Waals surface area contributed by atoms with Gasteiger partial charge in [0.2, 0.25) is 0 Å². The summed E-state index contributed by atoms with van der Waals surface area (Å²) in [6, 6.07) is 0.785. The number of aliphatic hydroxyl groups excluding tert-OH is 1. The molecule has 0 amide bonds. The first kappa shape index (κ1) is 15.9. The Hall–Kier alpha value is -0.0800. The lowest BCUT2D eigenvalue weighted by Gasteiger charge is -2.27. The van der Waals surface area contributed by atoms with Crippen molar-refractivity contribution in [1.29, 1.82) is 0 Å². The fourth-order valence-corrected chi connectivity index (χ4v) is 2.49. The third-order valence-electron chi connectivity index (χ3n) is 3.52. The lowest BCUT2D eigenvalue weighted by atomic mass is 9.85. The van der Waals surface area contributed by atoms with E-state index >= 15 is 0 Å². The fraction of sp³-hybridized carbons (Fsp3) is 1.00. The van der Waals surface area contributed by atoms with E-state index < -0.39 is 0 Å². The van der Waals surface area contributed by atoms with E-state index in [1.807, 2.05) is 6.92 Å². The van der Waals surface area contributed by atoms with Gasteiger partial charge in [-0.25, -0.2) is 0 Å². The Balaban J connectivity index is 0.000000487. The van der Waals surface area contributed by atoms with Crippen molar-refractivity contribution >= 4 is 0 Å². The highest BCUT2D eigenvalue weighted by Crippen LogP contribution is 2.28. The van der Waals surface area contributed by atoms with E-state index in [4.69, 9.17) is 5.11 Å². The molecule has 0 aromatic carbocycles. The van der Waals surface area contributed by atoms with Gasteiger partial charge in [-0.05, 0) is 38.1 Å². The van der Waals surface area contributed by atoms with Crippen LogP contribution in [-0.2, 0) is 0 Å². The number of nitrogens with one attached hydrogen (secondary N) is 1. The zero-order chi connectivity index (χ0) is 12.4. The van der Waals surface area contributed by atoms with Crippen LogP contribution in [0.1, 0.15) is 59.3 Å². The van der Waals surface area contributed by atoms with Crippen LogP contribution in [-0.4, -0.2) is 24.8 Å². The highest BCUT2D eigenvalue weighted by atomic mass is 16.2. The minimum absolute atomic E-state index is 0.319.